The van der Waals surface area contributed by atoms with Crippen LogP contribution in [0.4, 0.5) is 15.8 Å². The van der Waals surface area contributed by atoms with Gasteiger partial charge in [-0.2, -0.15) is 0 Å². The molecule has 2 atom stereocenters. The minimum atomic E-state index is -0.318. The number of likely N-dealkylation sites (tertiary alicyclic amines) is 1. The van der Waals surface area contributed by atoms with Crippen molar-refractivity contribution in [2.75, 3.05) is 50.4 Å². The van der Waals surface area contributed by atoms with Crippen LogP contribution in [0.1, 0.15) is 32.1 Å². The Morgan fingerprint density at radius 1 is 1.08 bits per heavy atom. The van der Waals surface area contributed by atoms with Gasteiger partial charge in [-0.25, -0.2) is 9.37 Å². The summed E-state index contributed by atoms with van der Waals surface area (Å²) in [5.41, 5.74) is 3.54. The zero-order chi connectivity index (χ0) is 26.5. The molecule has 0 spiro atoms. The fourth-order valence-electron chi connectivity index (χ4n) is 6.93. The zero-order valence-electron chi connectivity index (χ0n) is 22.4. The van der Waals surface area contributed by atoms with Crippen molar-refractivity contribution in [2.45, 2.75) is 44.2 Å². The highest BCUT2D eigenvalue weighted by Gasteiger charge is 2.35. The molecule has 8 rings (SSSR count). The van der Waals surface area contributed by atoms with Crippen LogP contribution in [-0.4, -0.2) is 76.6 Å². The molecule has 204 valence electrons. The van der Waals surface area contributed by atoms with Gasteiger partial charge in [0.05, 0.1) is 27.9 Å². The first-order valence-corrected chi connectivity index (χ1v) is 14.3. The molecule has 1 unspecified atom stereocenters. The highest BCUT2D eigenvalue weighted by atomic mass is 19.1. The highest BCUT2D eigenvalue weighted by Crippen LogP contribution is 2.37. The van der Waals surface area contributed by atoms with Crippen LogP contribution in [0, 0.1) is 11.7 Å². The summed E-state index contributed by atoms with van der Waals surface area (Å²) < 4.78 is 15.6. The molecular formula is C30H36FN7O. The van der Waals surface area contributed by atoms with Crippen LogP contribution in [-0.2, 0) is 0 Å². The van der Waals surface area contributed by atoms with Gasteiger partial charge in [-0.3, -0.25) is 4.79 Å². The second-order valence-electron chi connectivity index (χ2n) is 11.6. The van der Waals surface area contributed by atoms with E-state index in [-0.39, 0.29) is 17.4 Å². The molecule has 2 bridgehead atoms. The number of aromatic amines is 2. The van der Waals surface area contributed by atoms with Crippen LogP contribution in [0.15, 0.2) is 41.2 Å². The van der Waals surface area contributed by atoms with Crippen molar-refractivity contribution in [1.29, 1.82) is 0 Å². The number of para-hydroxylation sites is 2. The van der Waals surface area contributed by atoms with Crippen LogP contribution in [0.3, 0.4) is 0 Å². The molecule has 0 amide bonds. The molecule has 4 aliphatic heterocycles. The molecule has 0 radical (unpaired) electrons. The molecule has 39 heavy (non-hydrogen) atoms. The first-order valence-electron chi connectivity index (χ1n) is 14.3. The van der Waals surface area contributed by atoms with Gasteiger partial charge in [0.1, 0.15) is 17.2 Å². The van der Waals surface area contributed by atoms with E-state index in [1.54, 1.807) is 12.1 Å². The highest BCUT2D eigenvalue weighted by molar-refractivity contribution is 6.00. The number of H-pyrrole nitrogens is 2. The third kappa shape index (κ3) is 4.57. The van der Waals surface area contributed by atoms with Crippen molar-refractivity contribution in [1.82, 2.24) is 24.8 Å². The quantitative estimate of drug-likeness (QED) is 0.279. The van der Waals surface area contributed by atoms with Gasteiger partial charge in [-0.1, -0.05) is 12.1 Å². The van der Waals surface area contributed by atoms with Crippen molar-refractivity contribution in [3.05, 3.63) is 52.6 Å². The lowest BCUT2D eigenvalue weighted by atomic mass is 9.83. The topological polar surface area (TPSA) is 92.1 Å². The Morgan fingerprint density at radius 2 is 1.92 bits per heavy atom. The Kier molecular flexibility index (Phi) is 6.28. The van der Waals surface area contributed by atoms with E-state index < -0.39 is 0 Å². The molecule has 8 nitrogen and oxygen atoms in total. The largest absolute Gasteiger partial charge is 0.383 e. The van der Waals surface area contributed by atoms with Gasteiger partial charge in [-0.15, -0.1) is 0 Å². The molecule has 2 aromatic carbocycles. The second kappa shape index (κ2) is 9.95. The fraction of sp³-hybridized carbons (Fsp3) is 0.467. The molecule has 9 heteroatoms. The SMILES string of the molecule is CN1CCCC1CCNc1cc2[nH]c(=O)c(-c3nc4ccccc4[nH]3)c(N[C@H]3CN4CCC3CC4)c2cc1F. The molecule has 0 aliphatic carbocycles. The number of halogens is 1. The van der Waals surface area contributed by atoms with Crippen LogP contribution in [0.25, 0.3) is 33.3 Å². The van der Waals surface area contributed by atoms with Crippen molar-refractivity contribution in [2.24, 2.45) is 5.92 Å². The predicted molar refractivity (Wildman–Crippen MR) is 155 cm³/mol. The number of benzene rings is 2. The number of hydrogen-bond donors (Lipinski definition) is 4. The molecule has 4 fully saturated rings. The lowest BCUT2D eigenvalue weighted by molar-refractivity contribution is 0.0976. The van der Waals surface area contributed by atoms with E-state index in [1.165, 1.54) is 12.8 Å². The summed E-state index contributed by atoms with van der Waals surface area (Å²) in [5, 5.41) is 7.68. The average Bonchev–Trinajstić information content (AvgIpc) is 3.56. The van der Waals surface area contributed by atoms with Gasteiger partial charge in [-0.05, 0) is 89.0 Å². The Bertz CT molecular complexity index is 1540. The summed E-state index contributed by atoms with van der Waals surface area (Å²) >= 11 is 0. The summed E-state index contributed by atoms with van der Waals surface area (Å²) in [6, 6.07) is 11.8. The summed E-state index contributed by atoms with van der Waals surface area (Å²) in [5.74, 6) is 0.709. The molecular weight excluding hydrogens is 493 g/mol. The minimum absolute atomic E-state index is 0.199. The standard InChI is InChI=1S/C30H36FN7O/c1-37-12-4-5-19(37)8-11-32-25-16-24-20(15-21(25)31)28(33-26-17-38-13-9-18(26)10-14-38)27(30(39)36-24)29-34-22-6-2-3-7-23(22)35-29/h2-3,6-7,15-16,18-19,26,32H,4-5,8-14,17H2,1H3,(H,34,35)(H2,33,36,39)/t19?,26-/m0/s1. The van der Waals surface area contributed by atoms with Gasteiger partial charge in [0.2, 0.25) is 0 Å². The van der Waals surface area contributed by atoms with E-state index in [0.29, 0.717) is 52.2 Å². The van der Waals surface area contributed by atoms with E-state index in [1.807, 2.05) is 24.3 Å². The van der Waals surface area contributed by atoms with E-state index in [9.17, 15) is 4.79 Å². The first-order chi connectivity index (χ1) is 19.0. The molecule has 2 aromatic heterocycles. The number of rotatable bonds is 7. The monoisotopic (exact) mass is 529 g/mol. The molecule has 4 saturated heterocycles. The Balaban J connectivity index is 1.28. The maximum atomic E-state index is 15.6. The number of hydrogen-bond acceptors (Lipinski definition) is 6. The van der Waals surface area contributed by atoms with Crippen molar-refractivity contribution in [3.63, 3.8) is 0 Å². The lowest BCUT2D eigenvalue weighted by Crippen LogP contribution is -2.53. The maximum Gasteiger partial charge on any atom is 0.261 e. The van der Waals surface area contributed by atoms with Crippen molar-refractivity contribution >= 4 is 33.3 Å². The Hall–Kier alpha value is -3.43. The van der Waals surface area contributed by atoms with E-state index in [0.717, 1.165) is 56.5 Å². The lowest BCUT2D eigenvalue weighted by Gasteiger charge is -2.45. The number of aromatic nitrogens is 3. The summed E-state index contributed by atoms with van der Waals surface area (Å²) in [7, 11) is 2.16. The number of anilines is 2. The van der Waals surface area contributed by atoms with Gasteiger partial charge in [0, 0.05) is 30.6 Å². The smallest absolute Gasteiger partial charge is 0.261 e. The van der Waals surface area contributed by atoms with E-state index >= 15 is 4.39 Å². The summed E-state index contributed by atoms with van der Waals surface area (Å²) in [6.45, 7) is 4.98. The van der Waals surface area contributed by atoms with E-state index in [2.05, 4.69) is 37.4 Å². The van der Waals surface area contributed by atoms with Crippen molar-refractivity contribution in [3.8, 4) is 11.4 Å². The van der Waals surface area contributed by atoms with Gasteiger partial charge in [0.15, 0.2) is 0 Å². The number of piperidine rings is 3. The number of imidazole rings is 1. The molecule has 6 heterocycles. The number of pyridine rings is 1. The van der Waals surface area contributed by atoms with Gasteiger partial charge < -0.3 is 30.4 Å². The normalized spacial score (nSPS) is 25.1. The number of fused-ring (bicyclic) bond motifs is 5. The van der Waals surface area contributed by atoms with Gasteiger partial charge >= 0.3 is 0 Å². The number of nitrogens with one attached hydrogen (secondary N) is 4. The second-order valence-corrected chi connectivity index (χ2v) is 11.6. The molecule has 4 aliphatic rings. The molecule has 4 aromatic rings. The van der Waals surface area contributed by atoms with Gasteiger partial charge in [0.25, 0.3) is 5.56 Å². The van der Waals surface area contributed by atoms with Crippen LogP contribution in [0.5, 0.6) is 0 Å². The van der Waals surface area contributed by atoms with Crippen LogP contribution < -0.4 is 16.2 Å². The van der Waals surface area contributed by atoms with Crippen molar-refractivity contribution < 1.29 is 4.39 Å². The molecule has 4 N–H and O–H groups in total. The third-order valence-corrected chi connectivity index (χ3v) is 9.18. The number of nitrogens with zero attached hydrogens (tertiary/aromatic N) is 3. The Labute approximate surface area is 227 Å². The minimum Gasteiger partial charge on any atom is -0.383 e. The zero-order valence-corrected chi connectivity index (χ0v) is 22.4. The van der Waals surface area contributed by atoms with Crippen LogP contribution in [0.2, 0.25) is 0 Å². The molecule has 0 saturated carbocycles. The third-order valence-electron chi connectivity index (χ3n) is 9.18. The fourth-order valence-corrected chi connectivity index (χ4v) is 6.93. The van der Waals surface area contributed by atoms with Crippen LogP contribution >= 0.6 is 0 Å². The first kappa shape index (κ1) is 24.6. The average molecular weight is 530 g/mol. The summed E-state index contributed by atoms with van der Waals surface area (Å²) in [4.78, 5) is 29.6. The maximum absolute atomic E-state index is 15.6. The van der Waals surface area contributed by atoms with E-state index in [4.69, 9.17) is 4.98 Å². The summed E-state index contributed by atoms with van der Waals surface area (Å²) in [6.07, 6.45) is 5.64. The Morgan fingerprint density at radius 3 is 2.67 bits per heavy atom. The predicted octanol–water partition coefficient (Wildman–Crippen LogP) is 4.61.